The molecule has 42 heavy (non-hydrogen) atoms. The van der Waals surface area contributed by atoms with Gasteiger partial charge in [-0.1, -0.05) is 188 Å². The molecule has 0 spiro atoms. The number of hydrogen-bond acceptors (Lipinski definition) is 0. The van der Waals surface area contributed by atoms with E-state index in [0.717, 1.165) is 6.42 Å². The third-order valence-electron chi connectivity index (χ3n) is 7.74. The summed E-state index contributed by atoms with van der Waals surface area (Å²) in [5.41, 5.74) is 12.1. The normalized spacial score (nSPS) is 13.6. The second kappa shape index (κ2) is 13.0. The molecule has 0 aliphatic rings. The summed E-state index contributed by atoms with van der Waals surface area (Å²) in [7, 11) is 0. The van der Waals surface area contributed by atoms with E-state index in [2.05, 4.69) is 194 Å². The average Bonchev–Trinajstić information content (AvgIpc) is 2.83. The van der Waals surface area contributed by atoms with Crippen LogP contribution in [-0.2, 0) is 28.1 Å². The largest absolute Gasteiger partial charge is 0.0761 e. The van der Waals surface area contributed by atoms with Gasteiger partial charge in [-0.05, 0) is 84.2 Å². The molecule has 0 aromatic heterocycles. The zero-order chi connectivity index (χ0) is 31.7. The summed E-state index contributed by atoms with van der Waals surface area (Å²) in [6.45, 7) is 27.5. The Bertz CT molecular complexity index is 1270. The van der Waals surface area contributed by atoms with Crippen LogP contribution in [-0.4, -0.2) is 3.74 Å². The first-order valence-electron chi connectivity index (χ1n) is 15.2. The van der Waals surface area contributed by atoms with Crippen molar-refractivity contribution in [2.75, 3.05) is 0 Å². The first kappa shape index (κ1) is 34.6. The molecule has 0 saturated heterocycles. The van der Waals surface area contributed by atoms with Crippen LogP contribution in [0, 0.1) is 0 Å². The highest BCUT2D eigenvalue weighted by molar-refractivity contribution is 9.24. The Hall–Kier alpha value is -1.90. The molecule has 0 radical (unpaired) electrons. The molecule has 0 bridgehead atoms. The Morgan fingerprint density at radius 1 is 0.429 bits per heavy atom. The monoisotopic (exact) mass is 690 g/mol. The van der Waals surface area contributed by atoms with Crippen molar-refractivity contribution in [2.24, 2.45) is 0 Å². The Labute approximate surface area is 274 Å². The molecule has 0 amide bonds. The van der Waals surface area contributed by atoms with Crippen molar-refractivity contribution in [1.82, 2.24) is 0 Å². The van der Waals surface area contributed by atoms with Crippen LogP contribution in [0.3, 0.4) is 0 Å². The van der Waals surface area contributed by atoms with Gasteiger partial charge in [0.05, 0.1) is 3.74 Å². The van der Waals surface area contributed by atoms with Gasteiger partial charge < -0.3 is 0 Å². The number of halogens is 2. The summed E-state index contributed by atoms with van der Waals surface area (Å²) < 4.78 is 0.233. The van der Waals surface area contributed by atoms with Crippen molar-refractivity contribution in [3.8, 4) is 0 Å². The lowest BCUT2D eigenvalue weighted by Gasteiger charge is -2.25. The van der Waals surface area contributed by atoms with Gasteiger partial charge in [0, 0.05) is 0 Å². The van der Waals surface area contributed by atoms with Crippen LogP contribution in [0.25, 0.3) is 24.3 Å². The highest BCUT2D eigenvalue weighted by Gasteiger charge is 2.21. The molecule has 0 fully saturated rings. The highest BCUT2D eigenvalue weighted by atomic mass is 79.9. The van der Waals surface area contributed by atoms with Crippen molar-refractivity contribution in [1.29, 1.82) is 0 Å². The third-order valence-corrected chi connectivity index (χ3v) is 8.39. The lowest BCUT2D eigenvalue weighted by Crippen LogP contribution is -2.16. The maximum atomic E-state index is 3.70. The predicted molar refractivity (Wildman–Crippen MR) is 197 cm³/mol. The molecule has 0 unspecified atom stereocenters. The summed E-state index contributed by atoms with van der Waals surface area (Å²) in [6.07, 6.45) is 10.00. The van der Waals surface area contributed by atoms with Crippen molar-refractivity contribution in [3.05, 3.63) is 105 Å². The van der Waals surface area contributed by atoms with E-state index in [1.165, 1.54) is 50.1 Å². The van der Waals surface area contributed by atoms with Gasteiger partial charge in [-0.3, -0.25) is 0 Å². The minimum Gasteiger partial charge on any atom is -0.0761 e. The number of benzene rings is 3. The summed E-state index contributed by atoms with van der Waals surface area (Å²) in [5.74, 6) is 0. The predicted octanol–water partition coefficient (Wildman–Crippen LogP) is 12.9. The fraction of sp³-hybridized carbons (Fsp3) is 0.450. The number of alkyl halides is 2. The topological polar surface area (TPSA) is 0 Å². The molecule has 3 aromatic carbocycles. The number of hydrogen-bond donors (Lipinski definition) is 0. The second-order valence-corrected chi connectivity index (χ2v) is 19.4. The third kappa shape index (κ3) is 10.1. The molecule has 3 rings (SSSR count). The molecular weight excluding hydrogens is 640 g/mol. The maximum Gasteiger partial charge on any atom is 0.0738 e. The first-order chi connectivity index (χ1) is 19.1. The van der Waals surface area contributed by atoms with E-state index in [1.54, 1.807) is 0 Å². The molecule has 0 atom stereocenters. The van der Waals surface area contributed by atoms with E-state index in [1.807, 2.05) is 0 Å². The molecule has 0 saturated carbocycles. The van der Waals surface area contributed by atoms with Gasteiger partial charge in [-0.2, -0.15) is 0 Å². The first-order valence-corrected chi connectivity index (χ1v) is 17.0. The van der Waals surface area contributed by atoms with Gasteiger partial charge in [0.15, 0.2) is 0 Å². The molecular formula is C40H52Br2. The summed E-state index contributed by atoms with van der Waals surface area (Å²) in [4.78, 5) is 0. The van der Waals surface area contributed by atoms with Crippen LogP contribution < -0.4 is 0 Å². The zero-order valence-electron chi connectivity index (χ0n) is 28.0. The average molecular weight is 693 g/mol. The fourth-order valence-corrected chi connectivity index (χ4v) is 5.59. The minimum atomic E-state index is 0.0969. The van der Waals surface area contributed by atoms with E-state index in [9.17, 15) is 0 Å². The van der Waals surface area contributed by atoms with E-state index in [-0.39, 0.29) is 25.4 Å². The number of rotatable bonds is 6. The van der Waals surface area contributed by atoms with E-state index in [0.29, 0.717) is 0 Å². The lowest BCUT2D eigenvalue weighted by molar-refractivity contribution is 0.568. The lowest BCUT2D eigenvalue weighted by atomic mass is 9.79. The van der Waals surface area contributed by atoms with Gasteiger partial charge >= 0.3 is 0 Å². The van der Waals surface area contributed by atoms with Crippen LogP contribution in [0.5, 0.6) is 0 Å². The molecule has 3 aromatic rings. The minimum absolute atomic E-state index is 0.0969. The molecule has 2 heteroatoms. The van der Waals surface area contributed by atoms with Crippen LogP contribution in [0.1, 0.15) is 133 Å². The Balaban J connectivity index is 2.06. The Morgan fingerprint density at radius 3 is 0.929 bits per heavy atom. The van der Waals surface area contributed by atoms with Crippen molar-refractivity contribution >= 4 is 56.2 Å². The molecule has 0 nitrogen and oxygen atoms in total. The van der Waals surface area contributed by atoms with Crippen molar-refractivity contribution < 1.29 is 0 Å². The van der Waals surface area contributed by atoms with E-state index >= 15 is 0 Å². The standard InChI is InChI=1S/C40H52Br2/c1-37(2,3)32-20-29(21-33(25-32)38(4,5)6)15-13-27-17-28(19-31(18-27)24-36(41)42)14-16-30-22-34(39(7,8)9)26-35(23-30)40(10,11)12/h13-23,25-26,36H,24H2,1-12H3. The highest BCUT2D eigenvalue weighted by Crippen LogP contribution is 2.33. The Morgan fingerprint density at radius 2 is 0.690 bits per heavy atom. The molecule has 226 valence electrons. The van der Waals surface area contributed by atoms with Crippen LogP contribution >= 0.6 is 31.9 Å². The molecule has 0 aliphatic heterocycles. The van der Waals surface area contributed by atoms with Gasteiger partial charge in [-0.15, -0.1) is 0 Å². The van der Waals surface area contributed by atoms with Gasteiger partial charge in [0.25, 0.3) is 0 Å². The molecule has 0 N–H and O–H groups in total. The quantitative estimate of drug-likeness (QED) is 0.178. The summed E-state index contributed by atoms with van der Waals surface area (Å²) in [6, 6.07) is 21.1. The maximum absolute atomic E-state index is 3.70. The summed E-state index contributed by atoms with van der Waals surface area (Å²) >= 11 is 7.40. The zero-order valence-corrected chi connectivity index (χ0v) is 31.2. The van der Waals surface area contributed by atoms with Gasteiger partial charge in [0.1, 0.15) is 0 Å². The molecule has 0 heterocycles. The van der Waals surface area contributed by atoms with Crippen molar-refractivity contribution in [3.63, 3.8) is 0 Å². The SMILES string of the molecule is CC(C)(C)c1cc(C=Cc2cc(C=Cc3cc(C(C)(C)C)cc(C(C)(C)C)c3)cc(CC(Br)Br)c2)cc(C(C)(C)C)c1. The van der Waals surface area contributed by atoms with Crippen LogP contribution in [0.2, 0.25) is 0 Å². The van der Waals surface area contributed by atoms with Gasteiger partial charge in [-0.25, -0.2) is 0 Å². The summed E-state index contributed by atoms with van der Waals surface area (Å²) in [5, 5.41) is 0. The fourth-order valence-electron chi connectivity index (χ4n) is 4.85. The second-order valence-electron chi connectivity index (χ2n) is 16.0. The van der Waals surface area contributed by atoms with Crippen LogP contribution in [0.4, 0.5) is 0 Å². The van der Waals surface area contributed by atoms with Crippen molar-refractivity contribution in [2.45, 2.75) is 115 Å². The van der Waals surface area contributed by atoms with E-state index < -0.39 is 0 Å². The Kier molecular flexibility index (Phi) is 10.7. The van der Waals surface area contributed by atoms with Crippen LogP contribution in [0.15, 0.2) is 54.6 Å². The van der Waals surface area contributed by atoms with Gasteiger partial charge in [0.2, 0.25) is 0 Å². The molecule has 0 aliphatic carbocycles. The van der Waals surface area contributed by atoms with E-state index in [4.69, 9.17) is 0 Å². The smallest absolute Gasteiger partial charge is 0.0738 e.